The molecular formula is C23H35N4. The van der Waals surface area contributed by atoms with E-state index in [1.54, 1.807) is 6.20 Å². The highest BCUT2D eigenvalue weighted by molar-refractivity contribution is 5.95. The maximum Gasteiger partial charge on any atom is 0.150 e. The molecule has 147 valence electrons. The Morgan fingerprint density at radius 1 is 1.07 bits per heavy atom. The zero-order chi connectivity index (χ0) is 19.3. The lowest BCUT2D eigenvalue weighted by molar-refractivity contribution is 0.269. The van der Waals surface area contributed by atoms with Crippen LogP contribution in [0.1, 0.15) is 69.8 Å². The first-order chi connectivity index (χ1) is 13.2. The summed E-state index contributed by atoms with van der Waals surface area (Å²) in [6, 6.07) is 8.76. The van der Waals surface area contributed by atoms with Crippen LogP contribution in [0.3, 0.4) is 0 Å². The van der Waals surface area contributed by atoms with Crippen LogP contribution in [-0.4, -0.2) is 40.2 Å². The van der Waals surface area contributed by atoms with Gasteiger partial charge in [0.2, 0.25) is 0 Å². The first kappa shape index (κ1) is 21.4. The minimum absolute atomic E-state index is 0.692. The Labute approximate surface area is 165 Å². The fraction of sp³-hybridized carbons (Fsp3) is 0.522. The van der Waals surface area contributed by atoms with Gasteiger partial charge in [0.25, 0.3) is 0 Å². The number of aliphatic imine (C=N–C) groups is 1. The smallest absolute Gasteiger partial charge is 0.150 e. The molecule has 2 rings (SSSR count). The van der Waals surface area contributed by atoms with Crippen molar-refractivity contribution in [2.24, 2.45) is 4.99 Å². The number of nitrogens with zero attached hydrogens (tertiary/aromatic N) is 3. The van der Waals surface area contributed by atoms with E-state index in [9.17, 15) is 0 Å². The topological polar surface area (TPSA) is 44.3 Å². The van der Waals surface area contributed by atoms with E-state index in [-0.39, 0.29) is 0 Å². The number of aromatic nitrogens is 2. The summed E-state index contributed by atoms with van der Waals surface area (Å²) in [7, 11) is 0. The zero-order valence-corrected chi connectivity index (χ0v) is 17.2. The molecule has 0 saturated carbocycles. The molecule has 0 amide bonds. The number of rotatable bonds is 13. The van der Waals surface area contributed by atoms with Crippen molar-refractivity contribution in [3.63, 3.8) is 0 Å². The highest BCUT2D eigenvalue weighted by Crippen LogP contribution is 2.12. The van der Waals surface area contributed by atoms with Crippen molar-refractivity contribution in [3.05, 3.63) is 60.0 Å². The van der Waals surface area contributed by atoms with Gasteiger partial charge in [-0.15, -0.1) is 0 Å². The summed E-state index contributed by atoms with van der Waals surface area (Å²) in [6.45, 7) is 10.9. The van der Waals surface area contributed by atoms with Gasteiger partial charge in [0.05, 0.1) is 12.3 Å². The predicted molar refractivity (Wildman–Crippen MR) is 115 cm³/mol. The number of benzene rings is 1. The van der Waals surface area contributed by atoms with Crippen molar-refractivity contribution in [3.8, 4) is 0 Å². The van der Waals surface area contributed by atoms with Gasteiger partial charge in [0, 0.05) is 12.4 Å². The van der Waals surface area contributed by atoms with E-state index >= 15 is 0 Å². The summed E-state index contributed by atoms with van der Waals surface area (Å²) in [6.07, 6.45) is 12.1. The SMILES string of the molecule is CCCN(CCC)CCCC[CH]c1ccc(CN=C(C)c2ncc[nH]2)cc1. The molecule has 0 bridgehead atoms. The highest BCUT2D eigenvalue weighted by atomic mass is 15.1. The van der Waals surface area contributed by atoms with Crippen molar-refractivity contribution in [2.45, 2.75) is 59.4 Å². The Morgan fingerprint density at radius 3 is 2.44 bits per heavy atom. The summed E-state index contributed by atoms with van der Waals surface area (Å²) in [5, 5.41) is 0. The number of imidazole rings is 1. The molecule has 1 aromatic carbocycles. The Bertz CT molecular complexity index is 638. The van der Waals surface area contributed by atoms with Crippen LogP contribution in [0, 0.1) is 6.42 Å². The van der Waals surface area contributed by atoms with Gasteiger partial charge in [0.1, 0.15) is 0 Å². The first-order valence-corrected chi connectivity index (χ1v) is 10.4. The third-order valence-electron chi connectivity index (χ3n) is 4.71. The molecule has 0 atom stereocenters. The predicted octanol–water partition coefficient (Wildman–Crippen LogP) is 5.26. The molecule has 27 heavy (non-hydrogen) atoms. The largest absolute Gasteiger partial charge is 0.344 e. The summed E-state index contributed by atoms with van der Waals surface area (Å²) >= 11 is 0. The van der Waals surface area contributed by atoms with Crippen molar-refractivity contribution in [2.75, 3.05) is 19.6 Å². The quantitative estimate of drug-likeness (QED) is 0.387. The molecule has 1 radical (unpaired) electrons. The fourth-order valence-corrected chi connectivity index (χ4v) is 3.22. The molecule has 4 nitrogen and oxygen atoms in total. The van der Waals surface area contributed by atoms with Gasteiger partial charge < -0.3 is 9.88 Å². The molecule has 0 unspecified atom stereocenters. The molecule has 0 aliphatic carbocycles. The molecule has 0 spiro atoms. The molecule has 0 fully saturated rings. The van der Waals surface area contributed by atoms with Crippen molar-refractivity contribution in [1.82, 2.24) is 14.9 Å². The van der Waals surface area contributed by atoms with Crippen LogP contribution in [0.2, 0.25) is 0 Å². The normalized spacial score (nSPS) is 12.1. The van der Waals surface area contributed by atoms with Gasteiger partial charge >= 0.3 is 0 Å². The van der Waals surface area contributed by atoms with E-state index in [1.165, 1.54) is 56.4 Å². The average Bonchev–Trinajstić information content (AvgIpc) is 3.22. The van der Waals surface area contributed by atoms with Gasteiger partial charge in [-0.3, -0.25) is 4.99 Å². The number of nitrogens with one attached hydrogen (secondary N) is 1. The van der Waals surface area contributed by atoms with Gasteiger partial charge in [-0.1, -0.05) is 44.5 Å². The van der Waals surface area contributed by atoms with E-state index in [4.69, 9.17) is 0 Å². The van der Waals surface area contributed by atoms with Crippen LogP contribution in [0.5, 0.6) is 0 Å². The maximum atomic E-state index is 4.61. The molecule has 0 aliphatic rings. The number of unbranched alkanes of at least 4 members (excludes halogenated alkanes) is 2. The molecular weight excluding hydrogens is 332 g/mol. The molecule has 2 aromatic rings. The molecule has 1 heterocycles. The monoisotopic (exact) mass is 367 g/mol. The third-order valence-corrected chi connectivity index (χ3v) is 4.71. The van der Waals surface area contributed by atoms with Crippen LogP contribution in [0.25, 0.3) is 0 Å². The van der Waals surface area contributed by atoms with E-state index in [1.807, 2.05) is 13.1 Å². The van der Waals surface area contributed by atoms with Gasteiger partial charge in [-0.2, -0.15) is 0 Å². The molecule has 1 N–H and O–H groups in total. The van der Waals surface area contributed by atoms with Crippen molar-refractivity contribution in [1.29, 1.82) is 0 Å². The second-order valence-corrected chi connectivity index (χ2v) is 7.12. The standard InChI is InChI=1S/C23H35N4/c1-4-16-27(17-5-2)18-8-6-7-9-21-10-12-22(13-11-21)19-26-20(3)23-24-14-15-25-23/h9-15H,4-8,16-19H2,1-3H3,(H,24,25). The van der Waals surface area contributed by atoms with Gasteiger partial charge in [-0.05, 0) is 69.8 Å². The van der Waals surface area contributed by atoms with Crippen LogP contribution < -0.4 is 0 Å². The summed E-state index contributed by atoms with van der Waals surface area (Å²) < 4.78 is 0. The van der Waals surface area contributed by atoms with E-state index in [0.29, 0.717) is 6.54 Å². The number of aromatic amines is 1. The van der Waals surface area contributed by atoms with Crippen LogP contribution >= 0.6 is 0 Å². The second kappa shape index (κ2) is 12.4. The lowest BCUT2D eigenvalue weighted by Crippen LogP contribution is -2.26. The van der Waals surface area contributed by atoms with Crippen molar-refractivity contribution < 1.29 is 0 Å². The fourth-order valence-electron chi connectivity index (χ4n) is 3.22. The Morgan fingerprint density at radius 2 is 1.81 bits per heavy atom. The number of hydrogen-bond acceptors (Lipinski definition) is 3. The van der Waals surface area contributed by atoms with Crippen LogP contribution in [0.15, 0.2) is 41.7 Å². The van der Waals surface area contributed by atoms with E-state index < -0.39 is 0 Å². The minimum atomic E-state index is 0.692. The van der Waals surface area contributed by atoms with Crippen LogP contribution in [-0.2, 0) is 6.54 Å². The molecule has 4 heteroatoms. The summed E-state index contributed by atoms with van der Waals surface area (Å²) in [5.41, 5.74) is 3.48. The number of hydrogen-bond donors (Lipinski definition) is 1. The summed E-state index contributed by atoms with van der Waals surface area (Å²) in [5.74, 6) is 0.844. The summed E-state index contributed by atoms with van der Waals surface area (Å²) in [4.78, 5) is 14.5. The molecule has 0 saturated heterocycles. The Kier molecular flexibility index (Phi) is 9.85. The lowest BCUT2D eigenvalue weighted by Gasteiger charge is -2.20. The highest BCUT2D eigenvalue weighted by Gasteiger charge is 2.03. The average molecular weight is 368 g/mol. The minimum Gasteiger partial charge on any atom is -0.344 e. The van der Waals surface area contributed by atoms with E-state index in [2.05, 4.69) is 64.4 Å². The molecule has 0 aliphatic heterocycles. The first-order valence-electron chi connectivity index (χ1n) is 10.4. The lowest BCUT2D eigenvalue weighted by atomic mass is 10.0. The zero-order valence-electron chi connectivity index (χ0n) is 17.2. The van der Waals surface area contributed by atoms with Crippen LogP contribution in [0.4, 0.5) is 0 Å². The molecule has 1 aromatic heterocycles. The van der Waals surface area contributed by atoms with Gasteiger partial charge in [-0.25, -0.2) is 4.98 Å². The van der Waals surface area contributed by atoms with Crippen molar-refractivity contribution >= 4 is 5.71 Å². The second-order valence-electron chi connectivity index (χ2n) is 7.12. The number of H-pyrrole nitrogens is 1. The van der Waals surface area contributed by atoms with Gasteiger partial charge in [0.15, 0.2) is 5.82 Å². The maximum absolute atomic E-state index is 4.61. The Balaban J connectivity index is 1.67. The third kappa shape index (κ3) is 8.08. The van der Waals surface area contributed by atoms with E-state index in [0.717, 1.165) is 18.0 Å². The Hall–Kier alpha value is -1.94.